The van der Waals surface area contributed by atoms with Crippen molar-refractivity contribution >= 4 is 43.5 Å². The SMILES string of the molecule is FC(F)(F)c1ccc(CC(Br)c2cccc(Br)c2Cl)cc1. The van der Waals surface area contributed by atoms with Crippen LogP contribution >= 0.6 is 43.5 Å². The average Bonchev–Trinajstić information content (AvgIpc) is 2.41. The second-order valence-electron chi connectivity index (χ2n) is 4.51. The zero-order chi connectivity index (χ0) is 15.6. The topological polar surface area (TPSA) is 0 Å². The molecule has 0 fully saturated rings. The molecule has 112 valence electrons. The van der Waals surface area contributed by atoms with Crippen LogP contribution in [0, 0.1) is 0 Å². The van der Waals surface area contributed by atoms with Crippen LogP contribution in [0.3, 0.4) is 0 Å². The Morgan fingerprint density at radius 3 is 2.24 bits per heavy atom. The lowest BCUT2D eigenvalue weighted by atomic mass is 10.0. The highest BCUT2D eigenvalue weighted by atomic mass is 79.9. The Morgan fingerprint density at radius 2 is 1.67 bits per heavy atom. The maximum Gasteiger partial charge on any atom is 0.416 e. The van der Waals surface area contributed by atoms with E-state index in [1.165, 1.54) is 12.1 Å². The van der Waals surface area contributed by atoms with E-state index in [4.69, 9.17) is 11.6 Å². The second kappa shape index (κ2) is 6.71. The number of benzene rings is 2. The van der Waals surface area contributed by atoms with Crippen LogP contribution in [0.15, 0.2) is 46.9 Å². The highest BCUT2D eigenvalue weighted by molar-refractivity contribution is 9.10. The molecule has 2 rings (SSSR count). The fourth-order valence-corrected chi connectivity index (χ4v) is 3.44. The van der Waals surface area contributed by atoms with Gasteiger partial charge in [0.15, 0.2) is 0 Å². The lowest BCUT2D eigenvalue weighted by Crippen LogP contribution is -2.05. The van der Waals surface area contributed by atoms with Crippen LogP contribution < -0.4 is 0 Å². The van der Waals surface area contributed by atoms with Crippen LogP contribution in [-0.4, -0.2) is 0 Å². The van der Waals surface area contributed by atoms with Gasteiger partial charge in [-0.1, -0.05) is 51.8 Å². The molecule has 0 aliphatic heterocycles. The van der Waals surface area contributed by atoms with Gasteiger partial charge < -0.3 is 0 Å². The molecule has 21 heavy (non-hydrogen) atoms. The predicted octanol–water partition coefficient (Wildman–Crippen LogP) is 6.80. The molecular weight excluding hydrogens is 432 g/mol. The van der Waals surface area contributed by atoms with Gasteiger partial charge >= 0.3 is 6.18 Å². The normalized spacial score (nSPS) is 13.2. The summed E-state index contributed by atoms with van der Waals surface area (Å²) in [6.07, 6.45) is -3.76. The third kappa shape index (κ3) is 4.24. The number of rotatable bonds is 3. The second-order valence-corrected chi connectivity index (χ2v) is 6.85. The minimum absolute atomic E-state index is 0.0702. The van der Waals surface area contributed by atoms with Crippen molar-refractivity contribution in [1.29, 1.82) is 0 Å². The summed E-state index contributed by atoms with van der Waals surface area (Å²) >= 11 is 13.1. The van der Waals surface area contributed by atoms with Gasteiger partial charge in [0.05, 0.1) is 10.6 Å². The van der Waals surface area contributed by atoms with E-state index in [0.29, 0.717) is 11.4 Å². The lowest BCUT2D eigenvalue weighted by molar-refractivity contribution is -0.137. The Hall–Kier alpha value is -0.520. The smallest absolute Gasteiger partial charge is 0.166 e. The van der Waals surface area contributed by atoms with Crippen molar-refractivity contribution < 1.29 is 13.2 Å². The standard InChI is InChI=1S/C15H10Br2ClF3/c16-12-3-1-2-11(14(12)18)13(17)8-9-4-6-10(7-5-9)15(19,20)21/h1-7,13H,8H2. The summed E-state index contributed by atoms with van der Waals surface area (Å²) < 4.78 is 38.3. The highest BCUT2D eigenvalue weighted by Gasteiger charge is 2.30. The first-order valence-corrected chi connectivity index (χ1v) is 8.12. The van der Waals surface area contributed by atoms with Crippen LogP contribution in [0.25, 0.3) is 0 Å². The Labute approximate surface area is 142 Å². The van der Waals surface area contributed by atoms with E-state index < -0.39 is 11.7 Å². The molecule has 0 saturated carbocycles. The molecule has 6 heteroatoms. The summed E-state index contributed by atoms with van der Waals surface area (Å²) in [6.45, 7) is 0. The molecule has 0 bridgehead atoms. The van der Waals surface area contributed by atoms with E-state index in [9.17, 15) is 13.2 Å². The maximum atomic E-state index is 12.5. The van der Waals surface area contributed by atoms with Crippen LogP contribution in [0.4, 0.5) is 13.2 Å². The molecular formula is C15H10Br2ClF3. The predicted molar refractivity (Wildman–Crippen MR) is 86.0 cm³/mol. The molecule has 0 nitrogen and oxygen atoms in total. The van der Waals surface area contributed by atoms with Crippen LogP contribution in [-0.2, 0) is 12.6 Å². The summed E-state index contributed by atoms with van der Waals surface area (Å²) in [5.74, 6) is 0. The summed E-state index contributed by atoms with van der Waals surface area (Å²) in [5, 5.41) is 0.603. The largest absolute Gasteiger partial charge is 0.416 e. The minimum Gasteiger partial charge on any atom is -0.166 e. The first kappa shape index (κ1) is 16.8. The van der Waals surface area contributed by atoms with Gasteiger partial charge in [-0.2, -0.15) is 13.2 Å². The first-order valence-electron chi connectivity index (χ1n) is 6.03. The van der Waals surface area contributed by atoms with Crippen molar-refractivity contribution in [2.45, 2.75) is 17.4 Å². The first-order chi connectivity index (χ1) is 9.79. The summed E-state index contributed by atoms with van der Waals surface area (Å²) in [5.41, 5.74) is 1.06. The van der Waals surface area contributed by atoms with Gasteiger partial charge in [-0.15, -0.1) is 0 Å². The Balaban J connectivity index is 2.16. The number of alkyl halides is 4. The van der Waals surface area contributed by atoms with Crippen molar-refractivity contribution in [3.63, 3.8) is 0 Å². The molecule has 0 spiro atoms. The molecule has 0 aliphatic carbocycles. The molecule has 1 atom stereocenters. The van der Waals surface area contributed by atoms with Crippen molar-refractivity contribution in [2.75, 3.05) is 0 Å². The molecule has 2 aromatic carbocycles. The zero-order valence-electron chi connectivity index (χ0n) is 10.6. The third-order valence-corrected chi connectivity index (χ3v) is 5.14. The molecule has 0 saturated heterocycles. The van der Waals surface area contributed by atoms with E-state index in [0.717, 1.165) is 27.7 Å². The summed E-state index contributed by atoms with van der Waals surface area (Å²) in [7, 11) is 0. The average molecular weight is 442 g/mol. The van der Waals surface area contributed by atoms with Crippen LogP contribution in [0.2, 0.25) is 5.02 Å². The molecule has 0 N–H and O–H groups in total. The van der Waals surface area contributed by atoms with Gasteiger partial charge in [0.2, 0.25) is 0 Å². The molecule has 0 heterocycles. The van der Waals surface area contributed by atoms with E-state index in [1.54, 1.807) is 0 Å². The third-order valence-electron chi connectivity index (χ3n) is 3.02. The number of halogens is 6. The van der Waals surface area contributed by atoms with Crippen molar-refractivity contribution in [2.24, 2.45) is 0 Å². The molecule has 2 aromatic rings. The van der Waals surface area contributed by atoms with E-state index in [1.807, 2.05) is 18.2 Å². The molecule has 0 radical (unpaired) electrons. The maximum absolute atomic E-state index is 12.5. The molecule has 0 aliphatic rings. The summed E-state index contributed by atoms with van der Waals surface area (Å²) in [6, 6.07) is 10.8. The monoisotopic (exact) mass is 440 g/mol. The minimum atomic E-state index is -4.31. The Morgan fingerprint density at radius 1 is 1.05 bits per heavy atom. The Bertz CT molecular complexity index is 624. The van der Waals surface area contributed by atoms with Crippen molar-refractivity contribution in [1.82, 2.24) is 0 Å². The Kier molecular flexibility index (Phi) is 5.38. The van der Waals surface area contributed by atoms with Gasteiger partial charge in [0, 0.05) is 9.30 Å². The van der Waals surface area contributed by atoms with Crippen molar-refractivity contribution in [3.8, 4) is 0 Å². The molecule has 0 aromatic heterocycles. The molecule has 0 amide bonds. The van der Waals surface area contributed by atoms with Gasteiger partial charge in [0.1, 0.15) is 0 Å². The quantitative estimate of drug-likeness (QED) is 0.459. The summed E-state index contributed by atoms with van der Waals surface area (Å²) in [4.78, 5) is -0.0702. The van der Waals surface area contributed by atoms with Gasteiger partial charge in [-0.25, -0.2) is 0 Å². The van der Waals surface area contributed by atoms with Crippen molar-refractivity contribution in [3.05, 3.63) is 68.7 Å². The fourth-order valence-electron chi connectivity index (χ4n) is 1.91. The zero-order valence-corrected chi connectivity index (χ0v) is 14.5. The van der Waals surface area contributed by atoms with Crippen LogP contribution in [0.5, 0.6) is 0 Å². The number of hydrogen-bond acceptors (Lipinski definition) is 0. The van der Waals surface area contributed by atoms with E-state index in [2.05, 4.69) is 31.9 Å². The van der Waals surface area contributed by atoms with Gasteiger partial charge in [0.25, 0.3) is 0 Å². The van der Waals surface area contributed by atoms with Gasteiger partial charge in [-0.05, 0) is 51.7 Å². The molecule has 1 unspecified atom stereocenters. The number of hydrogen-bond donors (Lipinski definition) is 0. The lowest BCUT2D eigenvalue weighted by Gasteiger charge is -2.14. The van der Waals surface area contributed by atoms with E-state index >= 15 is 0 Å². The van der Waals surface area contributed by atoms with E-state index in [-0.39, 0.29) is 4.83 Å². The fraction of sp³-hybridized carbons (Fsp3) is 0.200. The van der Waals surface area contributed by atoms with Crippen LogP contribution in [0.1, 0.15) is 21.5 Å². The van der Waals surface area contributed by atoms with Gasteiger partial charge in [-0.3, -0.25) is 0 Å². The highest BCUT2D eigenvalue weighted by Crippen LogP contribution is 2.36.